The van der Waals surface area contributed by atoms with Gasteiger partial charge in [-0.1, -0.05) is 0 Å². The maximum absolute atomic E-state index is 10.6. The highest BCUT2D eigenvalue weighted by molar-refractivity contribution is 5.65. The molecule has 13 heavy (non-hydrogen) atoms. The Kier molecular flexibility index (Phi) is 1.84. The van der Waals surface area contributed by atoms with E-state index < -0.39 is 6.09 Å². The van der Waals surface area contributed by atoms with Gasteiger partial charge >= 0.3 is 6.09 Å². The van der Waals surface area contributed by atoms with Crippen molar-refractivity contribution in [3.05, 3.63) is 23.8 Å². The van der Waals surface area contributed by atoms with E-state index in [4.69, 9.17) is 5.11 Å². The van der Waals surface area contributed by atoms with Crippen LogP contribution in [0.25, 0.3) is 0 Å². The van der Waals surface area contributed by atoms with Crippen LogP contribution < -0.4 is 0 Å². The lowest BCUT2D eigenvalue weighted by molar-refractivity contribution is 0.139. The monoisotopic (exact) mass is 179 g/mol. The third-order valence-corrected chi connectivity index (χ3v) is 2.14. The van der Waals surface area contributed by atoms with Crippen molar-refractivity contribution >= 4 is 6.09 Å². The van der Waals surface area contributed by atoms with Crippen molar-refractivity contribution in [2.45, 2.75) is 13.0 Å². The summed E-state index contributed by atoms with van der Waals surface area (Å²) in [6.45, 7) is 0.920. The highest BCUT2D eigenvalue weighted by Gasteiger charge is 2.20. The second kappa shape index (κ2) is 3.01. The van der Waals surface area contributed by atoms with Crippen LogP contribution in [-0.2, 0) is 13.0 Å². The molecule has 0 radical (unpaired) electrons. The minimum absolute atomic E-state index is 0.382. The van der Waals surface area contributed by atoms with Gasteiger partial charge in [0.1, 0.15) is 6.33 Å². The molecule has 0 spiro atoms. The third kappa shape index (κ3) is 1.44. The molecule has 1 aromatic heterocycles. The number of carbonyl (C=O) groups is 1. The van der Waals surface area contributed by atoms with Crippen molar-refractivity contribution in [3.8, 4) is 0 Å². The summed E-state index contributed by atoms with van der Waals surface area (Å²) in [5.41, 5.74) is 1.88. The quantitative estimate of drug-likeness (QED) is 0.630. The standard InChI is InChI=1S/C8H9N3O2/c12-8(13)11-2-1-6-3-9-5-10-7(6)4-11/h3,5H,1-2,4H2,(H,12,13). The molecule has 68 valence electrons. The zero-order chi connectivity index (χ0) is 9.26. The molecule has 1 aliphatic heterocycles. The Morgan fingerprint density at radius 3 is 3.23 bits per heavy atom. The average molecular weight is 179 g/mol. The van der Waals surface area contributed by atoms with Crippen LogP contribution in [0.2, 0.25) is 0 Å². The summed E-state index contributed by atoms with van der Waals surface area (Å²) in [4.78, 5) is 19.9. The minimum Gasteiger partial charge on any atom is -0.465 e. The molecule has 0 bridgehead atoms. The van der Waals surface area contributed by atoms with Crippen LogP contribution in [0.5, 0.6) is 0 Å². The van der Waals surface area contributed by atoms with Gasteiger partial charge in [0.05, 0.1) is 12.2 Å². The molecule has 2 heterocycles. The predicted molar refractivity (Wildman–Crippen MR) is 44.2 cm³/mol. The van der Waals surface area contributed by atoms with Gasteiger partial charge in [-0.2, -0.15) is 0 Å². The molecule has 0 fully saturated rings. The molecule has 0 saturated heterocycles. The molecule has 0 aromatic carbocycles. The molecule has 0 atom stereocenters. The van der Waals surface area contributed by atoms with Crippen molar-refractivity contribution in [3.63, 3.8) is 0 Å². The van der Waals surface area contributed by atoms with Gasteiger partial charge in [0, 0.05) is 12.7 Å². The number of aromatic nitrogens is 2. The van der Waals surface area contributed by atoms with E-state index in [1.54, 1.807) is 6.20 Å². The maximum Gasteiger partial charge on any atom is 0.407 e. The van der Waals surface area contributed by atoms with Gasteiger partial charge in [-0.15, -0.1) is 0 Å². The van der Waals surface area contributed by atoms with Gasteiger partial charge in [0.25, 0.3) is 0 Å². The van der Waals surface area contributed by atoms with E-state index in [1.165, 1.54) is 11.2 Å². The Bertz CT molecular complexity index is 340. The summed E-state index contributed by atoms with van der Waals surface area (Å²) in [6.07, 6.45) is 3.03. The summed E-state index contributed by atoms with van der Waals surface area (Å²) >= 11 is 0. The lowest BCUT2D eigenvalue weighted by Crippen LogP contribution is -2.35. The van der Waals surface area contributed by atoms with Crippen LogP contribution in [-0.4, -0.2) is 32.6 Å². The zero-order valence-electron chi connectivity index (χ0n) is 6.97. The van der Waals surface area contributed by atoms with Gasteiger partial charge < -0.3 is 10.0 Å². The van der Waals surface area contributed by atoms with Gasteiger partial charge in [0.2, 0.25) is 0 Å². The van der Waals surface area contributed by atoms with E-state index in [2.05, 4.69) is 9.97 Å². The van der Waals surface area contributed by atoms with E-state index in [-0.39, 0.29) is 0 Å². The summed E-state index contributed by atoms with van der Waals surface area (Å²) in [6, 6.07) is 0. The number of hydrogen-bond acceptors (Lipinski definition) is 3. The smallest absolute Gasteiger partial charge is 0.407 e. The van der Waals surface area contributed by atoms with Gasteiger partial charge in [-0.3, -0.25) is 0 Å². The summed E-state index contributed by atoms with van der Waals surface area (Å²) in [5, 5.41) is 8.75. The maximum atomic E-state index is 10.6. The Hall–Kier alpha value is -1.65. The number of nitrogens with zero attached hydrogens (tertiary/aromatic N) is 3. The second-order valence-electron chi connectivity index (χ2n) is 2.95. The molecule has 5 heteroatoms. The van der Waals surface area contributed by atoms with Crippen molar-refractivity contribution < 1.29 is 9.90 Å². The molecule has 0 aliphatic carbocycles. The zero-order valence-corrected chi connectivity index (χ0v) is 6.97. The lowest BCUT2D eigenvalue weighted by atomic mass is 10.1. The molecular formula is C8H9N3O2. The fourth-order valence-corrected chi connectivity index (χ4v) is 1.41. The predicted octanol–water partition coefficient (Wildman–Crippen LogP) is 0.513. The first-order valence-corrected chi connectivity index (χ1v) is 4.03. The van der Waals surface area contributed by atoms with Crippen molar-refractivity contribution in [1.29, 1.82) is 0 Å². The molecule has 2 rings (SSSR count). The van der Waals surface area contributed by atoms with Gasteiger partial charge in [0.15, 0.2) is 0 Å². The van der Waals surface area contributed by atoms with Crippen LogP contribution in [0.1, 0.15) is 11.3 Å². The second-order valence-corrected chi connectivity index (χ2v) is 2.95. The van der Waals surface area contributed by atoms with Gasteiger partial charge in [-0.25, -0.2) is 14.8 Å². The van der Waals surface area contributed by atoms with Gasteiger partial charge in [-0.05, 0) is 12.0 Å². The number of rotatable bonds is 0. The molecule has 0 unspecified atom stereocenters. The fraction of sp³-hybridized carbons (Fsp3) is 0.375. The Morgan fingerprint density at radius 1 is 1.62 bits per heavy atom. The molecule has 1 amide bonds. The van der Waals surface area contributed by atoms with E-state index in [9.17, 15) is 4.79 Å². The van der Waals surface area contributed by atoms with Crippen LogP contribution in [0, 0.1) is 0 Å². The number of carboxylic acid groups (broad SMARTS) is 1. The molecule has 0 saturated carbocycles. The first kappa shape index (κ1) is 7.97. The molecule has 1 aromatic rings. The summed E-state index contributed by atoms with van der Waals surface area (Å²) < 4.78 is 0. The van der Waals surface area contributed by atoms with E-state index >= 15 is 0 Å². The lowest BCUT2D eigenvalue weighted by Gasteiger charge is -2.24. The molecule has 1 N–H and O–H groups in total. The van der Waals surface area contributed by atoms with Crippen molar-refractivity contribution in [2.24, 2.45) is 0 Å². The largest absolute Gasteiger partial charge is 0.465 e. The third-order valence-electron chi connectivity index (χ3n) is 2.14. The van der Waals surface area contributed by atoms with E-state index in [1.807, 2.05) is 0 Å². The summed E-state index contributed by atoms with van der Waals surface area (Å²) in [7, 11) is 0. The average Bonchev–Trinajstić information content (AvgIpc) is 2.17. The molecule has 5 nitrogen and oxygen atoms in total. The van der Waals surface area contributed by atoms with Crippen molar-refractivity contribution in [1.82, 2.24) is 14.9 Å². The first-order chi connectivity index (χ1) is 6.27. The van der Waals surface area contributed by atoms with E-state index in [0.717, 1.165) is 11.3 Å². The fourth-order valence-electron chi connectivity index (χ4n) is 1.41. The highest BCUT2D eigenvalue weighted by atomic mass is 16.4. The first-order valence-electron chi connectivity index (χ1n) is 4.03. The van der Waals surface area contributed by atoms with Crippen LogP contribution in [0.15, 0.2) is 12.5 Å². The topological polar surface area (TPSA) is 66.3 Å². The Morgan fingerprint density at radius 2 is 2.46 bits per heavy atom. The Labute approximate surface area is 75.0 Å². The minimum atomic E-state index is -0.885. The van der Waals surface area contributed by atoms with Crippen molar-refractivity contribution in [2.75, 3.05) is 6.54 Å². The van der Waals surface area contributed by atoms with E-state index in [0.29, 0.717) is 19.5 Å². The number of hydrogen-bond donors (Lipinski definition) is 1. The SMILES string of the molecule is O=C(O)N1CCc2cncnc2C1. The van der Waals surface area contributed by atoms with Crippen LogP contribution in [0.3, 0.4) is 0 Å². The molecular weight excluding hydrogens is 170 g/mol. The highest BCUT2D eigenvalue weighted by Crippen LogP contribution is 2.14. The Balaban J connectivity index is 2.24. The molecule has 1 aliphatic rings. The number of fused-ring (bicyclic) bond motifs is 1. The van der Waals surface area contributed by atoms with Crippen LogP contribution >= 0.6 is 0 Å². The summed E-state index contributed by atoms with van der Waals surface area (Å²) in [5.74, 6) is 0. The van der Waals surface area contributed by atoms with Crippen LogP contribution in [0.4, 0.5) is 4.79 Å². The normalized spacial score (nSPS) is 15.2. The number of amides is 1.